The van der Waals surface area contributed by atoms with E-state index in [1.807, 2.05) is 38.1 Å². The summed E-state index contributed by atoms with van der Waals surface area (Å²) in [4.78, 5) is 8.96. The number of aromatic nitrogens is 2. The maximum Gasteiger partial charge on any atom is 0.225 e. The summed E-state index contributed by atoms with van der Waals surface area (Å²) in [5, 5.41) is 6.61. The fraction of sp³-hybridized carbons (Fsp3) is 0.412. The zero-order valence-corrected chi connectivity index (χ0v) is 14.1. The molecule has 0 aliphatic carbocycles. The van der Waals surface area contributed by atoms with Gasteiger partial charge in [0.15, 0.2) is 0 Å². The van der Waals surface area contributed by atoms with Crippen molar-refractivity contribution in [3.05, 3.63) is 35.5 Å². The highest BCUT2D eigenvalue weighted by Crippen LogP contribution is 2.28. The van der Waals surface area contributed by atoms with Gasteiger partial charge in [0, 0.05) is 17.3 Å². The minimum atomic E-state index is -0.0912. The summed E-state index contributed by atoms with van der Waals surface area (Å²) in [5.74, 6) is 2.14. The van der Waals surface area contributed by atoms with Gasteiger partial charge in [0.25, 0.3) is 0 Å². The van der Waals surface area contributed by atoms with Crippen molar-refractivity contribution in [3.63, 3.8) is 0 Å². The number of ether oxygens (including phenoxy) is 1. The molecule has 1 heterocycles. The first-order valence-corrected chi connectivity index (χ1v) is 7.32. The molecule has 0 fully saturated rings. The van der Waals surface area contributed by atoms with Crippen LogP contribution in [-0.4, -0.2) is 22.6 Å². The van der Waals surface area contributed by atoms with Crippen LogP contribution in [0, 0.1) is 13.8 Å². The van der Waals surface area contributed by atoms with Crippen LogP contribution in [0.2, 0.25) is 0 Å². The van der Waals surface area contributed by atoms with Gasteiger partial charge in [-0.1, -0.05) is 6.07 Å². The lowest BCUT2D eigenvalue weighted by Crippen LogP contribution is -2.27. The molecule has 2 N–H and O–H groups in total. The Morgan fingerprint density at radius 1 is 1.05 bits per heavy atom. The molecular formula is C17H24N4O. The Hall–Kier alpha value is -2.30. The molecule has 0 saturated heterocycles. The number of hydrogen-bond acceptors (Lipinski definition) is 5. The van der Waals surface area contributed by atoms with Crippen molar-refractivity contribution in [1.82, 2.24) is 9.97 Å². The Balaban J connectivity index is 2.32. The third kappa shape index (κ3) is 4.35. The summed E-state index contributed by atoms with van der Waals surface area (Å²) >= 11 is 0. The van der Waals surface area contributed by atoms with Crippen molar-refractivity contribution >= 4 is 17.5 Å². The topological polar surface area (TPSA) is 59.1 Å². The van der Waals surface area contributed by atoms with E-state index in [2.05, 4.69) is 41.4 Å². The number of rotatable bonds is 4. The molecular weight excluding hydrogens is 276 g/mol. The molecule has 22 heavy (non-hydrogen) atoms. The lowest BCUT2D eigenvalue weighted by molar-refractivity contribution is 0.416. The van der Waals surface area contributed by atoms with Gasteiger partial charge in [-0.3, -0.25) is 0 Å². The fourth-order valence-corrected chi connectivity index (χ4v) is 2.08. The standard InChI is InChI=1S/C17H24N4O/c1-11-7-8-14(22-6)13(9-11)19-15-10-12(2)18-16(20-15)21-17(3,4)5/h7-10H,1-6H3,(H2,18,19,20,21). The van der Waals surface area contributed by atoms with Gasteiger partial charge < -0.3 is 15.4 Å². The molecule has 0 bridgehead atoms. The number of nitrogens with zero attached hydrogens (tertiary/aromatic N) is 2. The Bertz CT molecular complexity index is 662. The minimum Gasteiger partial charge on any atom is -0.495 e. The summed E-state index contributed by atoms with van der Waals surface area (Å²) in [6.45, 7) is 10.2. The number of methoxy groups -OCH3 is 1. The number of nitrogens with one attached hydrogen (secondary N) is 2. The molecule has 1 aromatic carbocycles. The summed E-state index contributed by atoms with van der Waals surface area (Å²) < 4.78 is 5.39. The largest absolute Gasteiger partial charge is 0.495 e. The third-order valence-corrected chi connectivity index (χ3v) is 2.96. The monoisotopic (exact) mass is 300 g/mol. The SMILES string of the molecule is COc1ccc(C)cc1Nc1cc(C)nc(NC(C)(C)C)n1. The number of anilines is 3. The van der Waals surface area contributed by atoms with Crippen LogP contribution >= 0.6 is 0 Å². The van der Waals surface area contributed by atoms with Crippen molar-refractivity contribution in [3.8, 4) is 5.75 Å². The molecule has 2 rings (SSSR count). The van der Waals surface area contributed by atoms with Gasteiger partial charge in [-0.25, -0.2) is 4.98 Å². The molecule has 0 unspecified atom stereocenters. The zero-order valence-electron chi connectivity index (χ0n) is 14.1. The molecule has 5 nitrogen and oxygen atoms in total. The lowest BCUT2D eigenvalue weighted by Gasteiger charge is -2.21. The molecule has 1 aromatic heterocycles. The Morgan fingerprint density at radius 3 is 2.41 bits per heavy atom. The van der Waals surface area contributed by atoms with Crippen LogP contribution in [0.3, 0.4) is 0 Å². The molecule has 0 saturated carbocycles. The highest BCUT2D eigenvalue weighted by Gasteiger charge is 2.13. The number of hydrogen-bond donors (Lipinski definition) is 2. The van der Waals surface area contributed by atoms with Crippen molar-refractivity contribution in [2.45, 2.75) is 40.2 Å². The van der Waals surface area contributed by atoms with Crippen molar-refractivity contribution in [2.75, 3.05) is 17.7 Å². The smallest absolute Gasteiger partial charge is 0.225 e. The quantitative estimate of drug-likeness (QED) is 0.892. The summed E-state index contributed by atoms with van der Waals surface area (Å²) in [6.07, 6.45) is 0. The van der Waals surface area contributed by atoms with E-state index in [1.165, 1.54) is 0 Å². The van der Waals surface area contributed by atoms with Crippen LogP contribution in [0.25, 0.3) is 0 Å². The van der Waals surface area contributed by atoms with Gasteiger partial charge >= 0.3 is 0 Å². The molecule has 5 heteroatoms. The minimum absolute atomic E-state index is 0.0912. The molecule has 0 radical (unpaired) electrons. The first-order chi connectivity index (χ1) is 10.3. The van der Waals surface area contributed by atoms with Gasteiger partial charge in [-0.05, 0) is 52.3 Å². The van der Waals surface area contributed by atoms with E-state index in [0.29, 0.717) is 5.95 Å². The second-order valence-electron chi connectivity index (χ2n) is 6.42. The second-order valence-corrected chi connectivity index (χ2v) is 6.42. The first kappa shape index (κ1) is 16.1. The highest BCUT2D eigenvalue weighted by atomic mass is 16.5. The number of benzene rings is 1. The Kier molecular flexibility index (Phi) is 4.54. The molecule has 0 atom stereocenters. The maximum absolute atomic E-state index is 5.39. The van der Waals surface area contributed by atoms with E-state index < -0.39 is 0 Å². The Labute approximate surface area is 132 Å². The van der Waals surface area contributed by atoms with E-state index in [-0.39, 0.29) is 5.54 Å². The van der Waals surface area contributed by atoms with Crippen LogP contribution in [0.15, 0.2) is 24.3 Å². The molecule has 0 amide bonds. The summed E-state index contributed by atoms with van der Waals surface area (Å²) in [5.41, 5.74) is 2.85. The van der Waals surface area contributed by atoms with E-state index in [9.17, 15) is 0 Å². The van der Waals surface area contributed by atoms with E-state index in [4.69, 9.17) is 4.74 Å². The predicted molar refractivity (Wildman–Crippen MR) is 91.2 cm³/mol. The van der Waals surface area contributed by atoms with Crippen molar-refractivity contribution in [1.29, 1.82) is 0 Å². The van der Waals surface area contributed by atoms with E-state index in [1.54, 1.807) is 7.11 Å². The lowest BCUT2D eigenvalue weighted by atomic mass is 10.1. The van der Waals surface area contributed by atoms with Gasteiger partial charge in [0.1, 0.15) is 11.6 Å². The average Bonchev–Trinajstić information content (AvgIpc) is 2.36. The van der Waals surface area contributed by atoms with Crippen LogP contribution < -0.4 is 15.4 Å². The molecule has 0 spiro atoms. The summed E-state index contributed by atoms with van der Waals surface area (Å²) in [6, 6.07) is 7.91. The van der Waals surface area contributed by atoms with Crippen LogP contribution in [0.5, 0.6) is 5.75 Å². The van der Waals surface area contributed by atoms with Crippen LogP contribution in [0.4, 0.5) is 17.5 Å². The number of aryl methyl sites for hydroxylation is 2. The van der Waals surface area contributed by atoms with E-state index in [0.717, 1.165) is 28.5 Å². The highest BCUT2D eigenvalue weighted by molar-refractivity contribution is 5.65. The van der Waals surface area contributed by atoms with Crippen LogP contribution in [0.1, 0.15) is 32.0 Å². The van der Waals surface area contributed by atoms with Gasteiger partial charge in [0.2, 0.25) is 5.95 Å². The normalized spacial score (nSPS) is 11.2. The van der Waals surface area contributed by atoms with Gasteiger partial charge in [0.05, 0.1) is 12.8 Å². The van der Waals surface area contributed by atoms with Crippen LogP contribution in [-0.2, 0) is 0 Å². The molecule has 118 valence electrons. The van der Waals surface area contributed by atoms with Gasteiger partial charge in [-0.2, -0.15) is 4.98 Å². The predicted octanol–water partition coefficient (Wildman–Crippen LogP) is 4.06. The molecule has 0 aliphatic heterocycles. The summed E-state index contributed by atoms with van der Waals surface area (Å²) in [7, 11) is 1.66. The second kappa shape index (κ2) is 6.22. The zero-order chi connectivity index (χ0) is 16.3. The first-order valence-electron chi connectivity index (χ1n) is 7.32. The molecule has 0 aliphatic rings. The van der Waals surface area contributed by atoms with Crippen molar-refractivity contribution in [2.24, 2.45) is 0 Å². The third-order valence-electron chi connectivity index (χ3n) is 2.96. The fourth-order valence-electron chi connectivity index (χ4n) is 2.08. The molecule has 2 aromatic rings. The van der Waals surface area contributed by atoms with Gasteiger partial charge in [-0.15, -0.1) is 0 Å². The van der Waals surface area contributed by atoms with E-state index >= 15 is 0 Å². The Morgan fingerprint density at radius 2 is 1.77 bits per heavy atom. The average molecular weight is 300 g/mol. The maximum atomic E-state index is 5.39. The van der Waals surface area contributed by atoms with Crippen molar-refractivity contribution < 1.29 is 4.74 Å².